The van der Waals surface area contributed by atoms with Gasteiger partial charge in [0.25, 0.3) is 0 Å². The molecule has 0 saturated carbocycles. The predicted octanol–water partition coefficient (Wildman–Crippen LogP) is 2.23. The number of aryl methyl sites for hydroxylation is 2. The van der Waals surface area contributed by atoms with Crippen LogP contribution in [0, 0.1) is 0 Å². The van der Waals surface area contributed by atoms with Crippen LogP contribution in [-0.4, -0.2) is 58.3 Å². The third-order valence-corrected chi connectivity index (χ3v) is 5.66. The predicted molar refractivity (Wildman–Crippen MR) is 118 cm³/mol. The van der Waals surface area contributed by atoms with Crippen molar-refractivity contribution < 1.29 is 0 Å². The molecule has 0 bridgehead atoms. The molecule has 2 heterocycles. The number of aromatic nitrogens is 3. The molecule has 2 unspecified atom stereocenters. The maximum absolute atomic E-state index is 4.59. The average Bonchev–Trinajstić information content (AvgIpc) is 3.16. The molecule has 1 aliphatic heterocycles. The SMILES string of the molecule is CCc1nc2n(n1)CC(NC(=NC)NCCC(C)N(C)Cc1ccccc1)CC2. The van der Waals surface area contributed by atoms with Crippen LogP contribution in [0.1, 0.15) is 43.9 Å². The van der Waals surface area contributed by atoms with Crippen molar-refractivity contribution in [1.29, 1.82) is 0 Å². The lowest BCUT2D eigenvalue weighted by molar-refractivity contribution is 0.238. The number of nitrogens with one attached hydrogen (secondary N) is 2. The Morgan fingerprint density at radius 1 is 1.34 bits per heavy atom. The minimum Gasteiger partial charge on any atom is -0.356 e. The molecule has 0 spiro atoms. The van der Waals surface area contributed by atoms with Crippen LogP contribution >= 0.6 is 0 Å². The number of rotatable bonds is 8. The lowest BCUT2D eigenvalue weighted by Crippen LogP contribution is -2.47. The van der Waals surface area contributed by atoms with Crippen molar-refractivity contribution in [2.45, 2.75) is 64.7 Å². The van der Waals surface area contributed by atoms with Gasteiger partial charge in [0.05, 0.1) is 6.54 Å². The van der Waals surface area contributed by atoms with Gasteiger partial charge in [-0.2, -0.15) is 5.10 Å². The summed E-state index contributed by atoms with van der Waals surface area (Å²) in [5, 5.41) is 11.6. The smallest absolute Gasteiger partial charge is 0.191 e. The molecule has 0 fully saturated rings. The summed E-state index contributed by atoms with van der Waals surface area (Å²) < 4.78 is 2.05. The number of guanidine groups is 1. The molecule has 3 rings (SSSR count). The first-order valence-electron chi connectivity index (χ1n) is 10.7. The Bertz CT molecular complexity index is 784. The molecule has 29 heavy (non-hydrogen) atoms. The number of hydrogen-bond acceptors (Lipinski definition) is 4. The Labute approximate surface area is 174 Å². The molecule has 2 atom stereocenters. The van der Waals surface area contributed by atoms with Gasteiger partial charge < -0.3 is 10.6 Å². The summed E-state index contributed by atoms with van der Waals surface area (Å²) in [7, 11) is 4.02. The first-order valence-corrected chi connectivity index (χ1v) is 10.7. The number of hydrogen-bond donors (Lipinski definition) is 2. The van der Waals surface area contributed by atoms with Crippen LogP contribution in [0.3, 0.4) is 0 Å². The fourth-order valence-corrected chi connectivity index (χ4v) is 3.66. The van der Waals surface area contributed by atoms with E-state index in [4.69, 9.17) is 0 Å². The van der Waals surface area contributed by atoms with E-state index in [-0.39, 0.29) is 0 Å². The summed E-state index contributed by atoms with van der Waals surface area (Å²) in [5.41, 5.74) is 1.35. The number of nitrogens with zero attached hydrogens (tertiary/aromatic N) is 5. The average molecular weight is 398 g/mol. The van der Waals surface area contributed by atoms with Crippen LogP contribution < -0.4 is 10.6 Å². The van der Waals surface area contributed by atoms with E-state index in [1.165, 1.54) is 5.56 Å². The maximum atomic E-state index is 4.59. The van der Waals surface area contributed by atoms with Gasteiger partial charge in [0.15, 0.2) is 11.8 Å². The van der Waals surface area contributed by atoms with Gasteiger partial charge in [0.1, 0.15) is 5.82 Å². The lowest BCUT2D eigenvalue weighted by Gasteiger charge is -2.27. The van der Waals surface area contributed by atoms with Gasteiger partial charge in [-0.15, -0.1) is 0 Å². The highest BCUT2D eigenvalue weighted by Crippen LogP contribution is 2.13. The maximum Gasteiger partial charge on any atom is 0.191 e. The van der Waals surface area contributed by atoms with Crippen LogP contribution in [0.2, 0.25) is 0 Å². The van der Waals surface area contributed by atoms with Gasteiger partial charge in [-0.1, -0.05) is 37.3 Å². The summed E-state index contributed by atoms with van der Waals surface area (Å²) in [6.07, 6.45) is 3.96. The minimum absolute atomic E-state index is 0.332. The number of benzene rings is 1. The summed E-state index contributed by atoms with van der Waals surface area (Å²) in [4.78, 5) is 11.4. The van der Waals surface area contributed by atoms with Gasteiger partial charge in [-0.25, -0.2) is 9.67 Å². The molecule has 7 heteroatoms. The van der Waals surface area contributed by atoms with E-state index in [1.807, 2.05) is 11.7 Å². The monoisotopic (exact) mass is 397 g/mol. The summed E-state index contributed by atoms with van der Waals surface area (Å²) >= 11 is 0. The summed E-state index contributed by atoms with van der Waals surface area (Å²) in [6, 6.07) is 11.4. The first-order chi connectivity index (χ1) is 14.1. The van der Waals surface area contributed by atoms with E-state index >= 15 is 0 Å². The van der Waals surface area contributed by atoms with Crippen LogP contribution in [0.4, 0.5) is 0 Å². The van der Waals surface area contributed by atoms with Crippen molar-refractivity contribution in [2.24, 2.45) is 4.99 Å². The van der Waals surface area contributed by atoms with E-state index in [2.05, 4.69) is 81.8 Å². The quantitative estimate of drug-likeness (QED) is 0.528. The van der Waals surface area contributed by atoms with E-state index in [1.54, 1.807) is 0 Å². The van der Waals surface area contributed by atoms with Crippen LogP contribution in [0.15, 0.2) is 35.3 Å². The Kier molecular flexibility index (Phi) is 7.63. The Hall–Kier alpha value is -2.41. The van der Waals surface area contributed by atoms with Crippen LogP contribution in [-0.2, 0) is 25.9 Å². The molecule has 1 aliphatic rings. The molecule has 0 aliphatic carbocycles. The number of aliphatic imine (C=N–C) groups is 1. The van der Waals surface area contributed by atoms with Crippen molar-refractivity contribution >= 4 is 5.96 Å². The second kappa shape index (κ2) is 10.4. The van der Waals surface area contributed by atoms with Crippen molar-refractivity contribution in [2.75, 3.05) is 20.6 Å². The van der Waals surface area contributed by atoms with Crippen molar-refractivity contribution in [1.82, 2.24) is 30.3 Å². The lowest BCUT2D eigenvalue weighted by atomic mass is 10.1. The summed E-state index contributed by atoms with van der Waals surface area (Å²) in [6.45, 7) is 7.08. The summed E-state index contributed by atoms with van der Waals surface area (Å²) in [5.74, 6) is 2.92. The van der Waals surface area contributed by atoms with Gasteiger partial charge in [-0.3, -0.25) is 9.89 Å². The molecular weight excluding hydrogens is 362 g/mol. The second-order valence-electron chi connectivity index (χ2n) is 7.90. The van der Waals surface area contributed by atoms with Crippen molar-refractivity contribution in [3.63, 3.8) is 0 Å². The molecule has 158 valence electrons. The standard InChI is InChI=1S/C22H35N7/c1-5-20-26-21-12-11-19(16-29(21)27-20)25-22(23-3)24-14-13-17(2)28(4)15-18-9-7-6-8-10-18/h6-10,17,19H,5,11-16H2,1-4H3,(H2,23,24,25). The highest BCUT2D eigenvalue weighted by molar-refractivity contribution is 5.79. The highest BCUT2D eigenvalue weighted by atomic mass is 15.4. The number of fused-ring (bicyclic) bond motifs is 1. The highest BCUT2D eigenvalue weighted by Gasteiger charge is 2.22. The van der Waals surface area contributed by atoms with Gasteiger partial charge in [-0.05, 0) is 32.4 Å². The molecular formula is C22H35N7. The van der Waals surface area contributed by atoms with Gasteiger partial charge in [0, 0.05) is 45.1 Å². The largest absolute Gasteiger partial charge is 0.356 e. The zero-order valence-corrected chi connectivity index (χ0v) is 18.2. The first kappa shape index (κ1) is 21.3. The molecule has 7 nitrogen and oxygen atoms in total. The second-order valence-corrected chi connectivity index (χ2v) is 7.90. The van der Waals surface area contributed by atoms with Crippen molar-refractivity contribution in [3.05, 3.63) is 47.5 Å². The third kappa shape index (κ3) is 6.03. The fraction of sp³-hybridized carbons (Fsp3) is 0.591. The Balaban J connectivity index is 1.41. The fourth-order valence-electron chi connectivity index (χ4n) is 3.66. The molecule has 2 N–H and O–H groups in total. The zero-order chi connectivity index (χ0) is 20.6. The Morgan fingerprint density at radius 2 is 2.14 bits per heavy atom. The zero-order valence-electron chi connectivity index (χ0n) is 18.2. The third-order valence-electron chi connectivity index (χ3n) is 5.66. The molecule has 0 saturated heterocycles. The van der Waals surface area contributed by atoms with Crippen LogP contribution in [0.5, 0.6) is 0 Å². The minimum atomic E-state index is 0.332. The molecule has 0 amide bonds. The van der Waals surface area contributed by atoms with E-state index in [0.717, 1.165) is 62.9 Å². The molecule has 2 aromatic rings. The van der Waals surface area contributed by atoms with Crippen molar-refractivity contribution in [3.8, 4) is 0 Å². The van der Waals surface area contributed by atoms with Gasteiger partial charge >= 0.3 is 0 Å². The molecule has 1 aromatic carbocycles. The molecule has 1 aromatic heterocycles. The van der Waals surface area contributed by atoms with E-state index < -0.39 is 0 Å². The normalized spacial score (nSPS) is 17.8. The topological polar surface area (TPSA) is 70.4 Å². The van der Waals surface area contributed by atoms with E-state index in [0.29, 0.717) is 12.1 Å². The Morgan fingerprint density at radius 3 is 2.86 bits per heavy atom. The van der Waals surface area contributed by atoms with E-state index in [9.17, 15) is 0 Å². The van der Waals surface area contributed by atoms with Gasteiger partial charge in [0.2, 0.25) is 0 Å². The van der Waals surface area contributed by atoms with Crippen LogP contribution in [0.25, 0.3) is 0 Å². The molecule has 0 radical (unpaired) electrons.